The summed E-state index contributed by atoms with van der Waals surface area (Å²) in [6.07, 6.45) is 0. The minimum absolute atomic E-state index is 0.186. The molecule has 0 fully saturated rings. The number of rotatable bonds is 2. The fourth-order valence-electron chi connectivity index (χ4n) is 0.440. The molecule has 0 radical (unpaired) electrons. The van der Waals surface area contributed by atoms with Gasteiger partial charge in [0.2, 0.25) is 8.87 Å². The van der Waals surface area contributed by atoms with Crippen LogP contribution in [-0.2, 0) is 8.87 Å². The standard InChI is InChI=1S/C6H14O2S2/c1-5-10(7,8)9-6(2,3)4/h5H2,1-4H3. The van der Waals surface area contributed by atoms with Crippen LogP contribution in [-0.4, -0.2) is 18.9 Å². The number of hydrogen-bond donors (Lipinski definition) is 0. The molecule has 0 spiro atoms. The summed E-state index contributed by atoms with van der Waals surface area (Å²) in [6, 6.07) is 0. The van der Waals surface area contributed by atoms with Crippen molar-refractivity contribution in [3.8, 4) is 0 Å². The molecule has 0 bridgehead atoms. The molecule has 0 amide bonds. The van der Waals surface area contributed by atoms with Gasteiger partial charge < -0.3 is 0 Å². The van der Waals surface area contributed by atoms with Crippen molar-refractivity contribution in [1.82, 2.24) is 0 Å². The van der Waals surface area contributed by atoms with E-state index in [2.05, 4.69) is 0 Å². The van der Waals surface area contributed by atoms with Gasteiger partial charge in [-0.1, -0.05) is 6.92 Å². The van der Waals surface area contributed by atoms with Crippen molar-refractivity contribution < 1.29 is 8.42 Å². The molecule has 0 atom stereocenters. The average molecular weight is 182 g/mol. The molecule has 62 valence electrons. The predicted molar refractivity (Wildman–Crippen MR) is 46.8 cm³/mol. The van der Waals surface area contributed by atoms with E-state index >= 15 is 0 Å². The molecule has 0 saturated carbocycles. The van der Waals surface area contributed by atoms with E-state index in [0.29, 0.717) is 0 Å². The minimum Gasteiger partial charge on any atom is -0.217 e. The Morgan fingerprint density at radius 1 is 1.30 bits per heavy atom. The Kier molecular flexibility index (Phi) is 3.23. The van der Waals surface area contributed by atoms with Crippen LogP contribution in [0.25, 0.3) is 0 Å². The largest absolute Gasteiger partial charge is 0.217 e. The van der Waals surface area contributed by atoms with Gasteiger partial charge in [0.15, 0.2) is 0 Å². The summed E-state index contributed by atoms with van der Waals surface area (Å²) >= 11 is 0. The van der Waals surface area contributed by atoms with Crippen molar-refractivity contribution in [3.63, 3.8) is 0 Å². The minimum atomic E-state index is -2.86. The summed E-state index contributed by atoms with van der Waals surface area (Å²) in [6.45, 7) is 7.34. The lowest BCUT2D eigenvalue weighted by atomic mass is 10.3. The Balaban J connectivity index is 4.18. The van der Waals surface area contributed by atoms with Crippen LogP contribution in [0.15, 0.2) is 0 Å². The molecule has 0 aromatic rings. The third-order valence-corrected chi connectivity index (χ3v) is 5.16. The topological polar surface area (TPSA) is 34.1 Å². The third kappa shape index (κ3) is 5.11. The van der Waals surface area contributed by atoms with E-state index in [-0.39, 0.29) is 10.5 Å². The Hall–Kier alpha value is 0.300. The van der Waals surface area contributed by atoms with Gasteiger partial charge in [-0.2, -0.15) is 0 Å². The van der Waals surface area contributed by atoms with Gasteiger partial charge in [0.25, 0.3) is 0 Å². The fraction of sp³-hybridized carbons (Fsp3) is 1.00. The van der Waals surface area contributed by atoms with E-state index in [1.54, 1.807) is 6.92 Å². The Morgan fingerprint density at radius 2 is 1.70 bits per heavy atom. The van der Waals surface area contributed by atoms with E-state index in [1.165, 1.54) is 0 Å². The lowest BCUT2D eigenvalue weighted by molar-refractivity contribution is 0.610. The lowest BCUT2D eigenvalue weighted by Gasteiger charge is -2.15. The average Bonchev–Trinajstić information content (AvgIpc) is 1.60. The van der Waals surface area contributed by atoms with Gasteiger partial charge in [-0.25, -0.2) is 8.42 Å². The predicted octanol–water partition coefficient (Wildman–Crippen LogP) is 1.87. The summed E-state index contributed by atoms with van der Waals surface area (Å²) in [7, 11) is -1.83. The summed E-state index contributed by atoms with van der Waals surface area (Å²) in [5.74, 6) is 0.217. The maximum Gasteiger partial charge on any atom is 0.201 e. The van der Waals surface area contributed by atoms with E-state index in [1.807, 2.05) is 20.8 Å². The molecule has 0 rings (SSSR count). The fourth-order valence-corrected chi connectivity index (χ4v) is 3.96. The highest BCUT2D eigenvalue weighted by Gasteiger charge is 2.20. The Bertz CT molecular complexity index is 186. The maximum absolute atomic E-state index is 11.0. The second kappa shape index (κ2) is 3.13. The molecule has 4 heteroatoms. The van der Waals surface area contributed by atoms with Crippen LogP contribution >= 0.6 is 10.8 Å². The van der Waals surface area contributed by atoms with Crippen LogP contribution < -0.4 is 0 Å². The molecule has 0 aromatic carbocycles. The van der Waals surface area contributed by atoms with Crippen molar-refractivity contribution in [1.29, 1.82) is 0 Å². The normalized spacial score (nSPS) is 13.6. The summed E-state index contributed by atoms with van der Waals surface area (Å²) in [4.78, 5) is 0. The zero-order valence-electron chi connectivity index (χ0n) is 6.84. The smallest absolute Gasteiger partial charge is 0.201 e. The van der Waals surface area contributed by atoms with E-state index < -0.39 is 8.87 Å². The van der Waals surface area contributed by atoms with Crippen LogP contribution in [0.2, 0.25) is 0 Å². The van der Waals surface area contributed by atoms with Crippen molar-refractivity contribution >= 4 is 19.7 Å². The van der Waals surface area contributed by atoms with E-state index in [9.17, 15) is 8.42 Å². The van der Waals surface area contributed by atoms with E-state index in [4.69, 9.17) is 0 Å². The van der Waals surface area contributed by atoms with E-state index in [0.717, 1.165) is 10.8 Å². The van der Waals surface area contributed by atoms with Gasteiger partial charge in [-0.3, -0.25) is 0 Å². The summed E-state index contributed by atoms with van der Waals surface area (Å²) in [5.41, 5.74) is 0. The van der Waals surface area contributed by atoms with Gasteiger partial charge >= 0.3 is 0 Å². The highest BCUT2D eigenvalue weighted by atomic mass is 33.1. The van der Waals surface area contributed by atoms with Crippen molar-refractivity contribution in [2.24, 2.45) is 0 Å². The molecule has 0 aliphatic heterocycles. The molecule has 0 unspecified atom stereocenters. The first kappa shape index (κ1) is 10.3. The van der Waals surface area contributed by atoms with Crippen LogP contribution in [0.3, 0.4) is 0 Å². The van der Waals surface area contributed by atoms with Crippen LogP contribution in [0.5, 0.6) is 0 Å². The summed E-state index contributed by atoms with van der Waals surface area (Å²) in [5, 5.41) is 0. The zero-order chi connectivity index (χ0) is 8.41. The molecule has 0 aromatic heterocycles. The second-order valence-electron chi connectivity index (χ2n) is 3.04. The highest BCUT2D eigenvalue weighted by Crippen LogP contribution is 2.29. The third-order valence-electron chi connectivity index (χ3n) is 0.731. The molecular weight excluding hydrogens is 168 g/mol. The highest BCUT2D eigenvalue weighted by molar-refractivity contribution is 8.72. The second-order valence-corrected chi connectivity index (χ2v) is 8.15. The first-order chi connectivity index (χ1) is 4.27. The monoisotopic (exact) mass is 182 g/mol. The van der Waals surface area contributed by atoms with Crippen LogP contribution in [0, 0.1) is 0 Å². The SMILES string of the molecule is CCS(=O)(=O)SC(C)(C)C. The lowest BCUT2D eigenvalue weighted by Crippen LogP contribution is -2.13. The van der Waals surface area contributed by atoms with Gasteiger partial charge in [0, 0.05) is 4.75 Å². The molecule has 10 heavy (non-hydrogen) atoms. The molecular formula is C6H14O2S2. The Morgan fingerprint density at radius 3 is 1.80 bits per heavy atom. The number of hydrogen-bond acceptors (Lipinski definition) is 3. The van der Waals surface area contributed by atoms with Crippen molar-refractivity contribution in [2.75, 3.05) is 5.75 Å². The maximum atomic E-state index is 11.0. The van der Waals surface area contributed by atoms with Crippen molar-refractivity contribution in [2.45, 2.75) is 32.4 Å². The first-order valence-electron chi connectivity index (χ1n) is 3.20. The first-order valence-corrected chi connectivity index (χ1v) is 6.19. The molecule has 0 heterocycles. The van der Waals surface area contributed by atoms with Gasteiger partial charge in [0.1, 0.15) is 0 Å². The van der Waals surface area contributed by atoms with Gasteiger partial charge in [-0.15, -0.1) is 0 Å². The summed E-state index contributed by atoms with van der Waals surface area (Å²) < 4.78 is 21.8. The van der Waals surface area contributed by atoms with Gasteiger partial charge in [0.05, 0.1) is 5.75 Å². The molecule has 2 nitrogen and oxygen atoms in total. The van der Waals surface area contributed by atoms with Gasteiger partial charge in [-0.05, 0) is 31.6 Å². The molecule has 0 N–H and O–H groups in total. The molecule has 0 saturated heterocycles. The Labute approximate surface area is 66.7 Å². The quantitative estimate of drug-likeness (QED) is 0.611. The molecule has 0 aliphatic rings. The van der Waals surface area contributed by atoms with Crippen molar-refractivity contribution in [3.05, 3.63) is 0 Å². The van der Waals surface area contributed by atoms with Crippen LogP contribution in [0.1, 0.15) is 27.7 Å². The zero-order valence-corrected chi connectivity index (χ0v) is 8.47. The van der Waals surface area contributed by atoms with Crippen LogP contribution in [0.4, 0.5) is 0 Å². The molecule has 0 aliphatic carbocycles.